The van der Waals surface area contributed by atoms with Crippen molar-refractivity contribution in [2.24, 2.45) is 5.92 Å². The first-order valence-corrected chi connectivity index (χ1v) is 4.78. The molecule has 0 spiro atoms. The highest BCUT2D eigenvalue weighted by Crippen LogP contribution is 2.51. The second kappa shape index (κ2) is 2.95. The van der Waals surface area contributed by atoms with E-state index in [-0.39, 0.29) is 11.9 Å². The molecule has 2 rings (SSSR count). The van der Waals surface area contributed by atoms with Crippen molar-refractivity contribution < 1.29 is 19.4 Å². The Morgan fingerprint density at radius 1 is 1.64 bits per heavy atom. The molecule has 2 aliphatic rings. The summed E-state index contributed by atoms with van der Waals surface area (Å²) in [6.07, 6.45) is 1.23. The van der Waals surface area contributed by atoms with Gasteiger partial charge in [-0.25, -0.2) is 0 Å². The largest absolute Gasteiger partial charge is 0.480 e. The van der Waals surface area contributed by atoms with Crippen molar-refractivity contribution in [3.05, 3.63) is 0 Å². The number of hydrogen-bond donors (Lipinski definition) is 2. The van der Waals surface area contributed by atoms with Gasteiger partial charge in [-0.05, 0) is 25.7 Å². The molecule has 78 valence electrons. The van der Waals surface area contributed by atoms with Crippen molar-refractivity contribution in [1.29, 1.82) is 0 Å². The second-order valence-corrected chi connectivity index (χ2v) is 3.86. The molecule has 1 aliphatic carbocycles. The molecule has 2 fully saturated rings. The average molecular weight is 199 g/mol. The van der Waals surface area contributed by atoms with E-state index in [1.165, 1.54) is 0 Å². The molecule has 3 atom stereocenters. The topological polar surface area (TPSA) is 75.6 Å². The van der Waals surface area contributed by atoms with E-state index >= 15 is 0 Å². The molecule has 0 aromatic heterocycles. The zero-order chi connectivity index (χ0) is 10.3. The van der Waals surface area contributed by atoms with Crippen LogP contribution < -0.4 is 5.32 Å². The first-order valence-electron chi connectivity index (χ1n) is 4.78. The summed E-state index contributed by atoms with van der Waals surface area (Å²) in [5.41, 5.74) is -0.822. The summed E-state index contributed by atoms with van der Waals surface area (Å²) in [4.78, 5) is 22.2. The smallest absolute Gasteiger partial charge is 0.324 e. The zero-order valence-electron chi connectivity index (χ0n) is 7.95. The van der Waals surface area contributed by atoms with Gasteiger partial charge in [0.25, 0.3) is 0 Å². The Hall–Kier alpha value is -1.10. The minimum Gasteiger partial charge on any atom is -0.480 e. The first kappa shape index (κ1) is 9.45. The van der Waals surface area contributed by atoms with Gasteiger partial charge in [0.05, 0.1) is 6.61 Å². The highest BCUT2D eigenvalue weighted by atomic mass is 16.5. The van der Waals surface area contributed by atoms with E-state index in [1.54, 1.807) is 6.92 Å². The Morgan fingerprint density at radius 2 is 2.36 bits per heavy atom. The van der Waals surface area contributed by atoms with Gasteiger partial charge in [0, 0.05) is 0 Å². The number of fused-ring (bicyclic) bond motifs is 1. The standard InChI is InChI=1S/C9H13NO4/c1-2-14-7(11)6-3-5-4-9(5,10-6)8(12)13/h5-6,10H,2-4H2,1H3,(H,12,13). The van der Waals surface area contributed by atoms with E-state index in [2.05, 4.69) is 5.32 Å². The van der Waals surface area contributed by atoms with Crippen molar-refractivity contribution in [2.45, 2.75) is 31.3 Å². The van der Waals surface area contributed by atoms with Gasteiger partial charge in [0.15, 0.2) is 0 Å². The fourth-order valence-corrected chi connectivity index (χ4v) is 2.17. The lowest BCUT2D eigenvalue weighted by Crippen LogP contribution is -2.45. The fourth-order valence-electron chi connectivity index (χ4n) is 2.17. The Labute approximate surface area is 81.4 Å². The molecule has 1 saturated carbocycles. The van der Waals surface area contributed by atoms with Crippen molar-refractivity contribution >= 4 is 11.9 Å². The van der Waals surface area contributed by atoms with Crippen LogP contribution in [-0.4, -0.2) is 35.2 Å². The number of esters is 1. The molecule has 0 bridgehead atoms. The number of rotatable bonds is 3. The minimum atomic E-state index is -0.853. The van der Waals surface area contributed by atoms with Crippen molar-refractivity contribution in [1.82, 2.24) is 5.32 Å². The number of nitrogens with one attached hydrogen (secondary N) is 1. The third kappa shape index (κ3) is 1.19. The number of aliphatic carboxylic acids is 1. The number of carbonyl (C=O) groups excluding carboxylic acids is 1. The number of carbonyl (C=O) groups is 2. The summed E-state index contributed by atoms with van der Waals surface area (Å²) in [6, 6.07) is -0.426. The van der Waals surface area contributed by atoms with Crippen LogP contribution in [0.1, 0.15) is 19.8 Å². The van der Waals surface area contributed by atoms with Crippen LogP contribution in [0.2, 0.25) is 0 Å². The summed E-state index contributed by atoms with van der Waals surface area (Å²) in [7, 11) is 0. The van der Waals surface area contributed by atoms with Crippen LogP contribution in [0.15, 0.2) is 0 Å². The van der Waals surface area contributed by atoms with Gasteiger partial charge in [0.2, 0.25) is 0 Å². The number of carboxylic acid groups (broad SMARTS) is 1. The Kier molecular flexibility index (Phi) is 1.99. The van der Waals surface area contributed by atoms with Crippen LogP contribution in [0.3, 0.4) is 0 Å². The van der Waals surface area contributed by atoms with Gasteiger partial charge in [0.1, 0.15) is 11.6 Å². The second-order valence-electron chi connectivity index (χ2n) is 3.86. The molecule has 3 unspecified atom stereocenters. The normalized spacial score (nSPS) is 38.9. The Bertz CT molecular complexity index is 291. The quantitative estimate of drug-likeness (QED) is 0.613. The lowest BCUT2D eigenvalue weighted by Gasteiger charge is -2.14. The molecular formula is C9H13NO4. The van der Waals surface area contributed by atoms with Gasteiger partial charge in [-0.2, -0.15) is 0 Å². The van der Waals surface area contributed by atoms with Crippen LogP contribution in [-0.2, 0) is 14.3 Å². The Balaban J connectivity index is 1.97. The van der Waals surface area contributed by atoms with Gasteiger partial charge in [-0.3, -0.25) is 14.9 Å². The molecule has 1 heterocycles. The van der Waals surface area contributed by atoms with Gasteiger partial charge in [-0.15, -0.1) is 0 Å². The molecular weight excluding hydrogens is 186 g/mol. The van der Waals surface area contributed by atoms with E-state index in [0.717, 1.165) is 0 Å². The summed E-state index contributed by atoms with van der Waals surface area (Å²) in [5.74, 6) is -1.08. The molecule has 0 aromatic rings. The molecule has 5 nitrogen and oxygen atoms in total. The lowest BCUT2D eigenvalue weighted by atomic mass is 10.2. The predicted octanol–water partition coefficient (Wildman–Crippen LogP) is -0.245. The van der Waals surface area contributed by atoms with Crippen LogP contribution >= 0.6 is 0 Å². The van der Waals surface area contributed by atoms with E-state index in [0.29, 0.717) is 19.4 Å². The maximum Gasteiger partial charge on any atom is 0.324 e. The van der Waals surface area contributed by atoms with E-state index in [4.69, 9.17) is 9.84 Å². The first-order chi connectivity index (χ1) is 6.60. The summed E-state index contributed by atoms with van der Waals surface area (Å²) < 4.78 is 4.83. The van der Waals surface area contributed by atoms with Crippen molar-refractivity contribution in [3.8, 4) is 0 Å². The third-order valence-electron chi connectivity index (χ3n) is 3.01. The predicted molar refractivity (Wildman–Crippen MR) is 46.6 cm³/mol. The molecule has 0 aromatic carbocycles. The molecule has 0 amide bonds. The Morgan fingerprint density at radius 3 is 2.86 bits per heavy atom. The maximum absolute atomic E-state index is 11.3. The molecule has 14 heavy (non-hydrogen) atoms. The highest BCUT2D eigenvalue weighted by molar-refractivity contribution is 5.87. The zero-order valence-corrected chi connectivity index (χ0v) is 7.95. The lowest BCUT2D eigenvalue weighted by molar-refractivity contribution is -0.146. The van der Waals surface area contributed by atoms with Crippen LogP contribution in [0.5, 0.6) is 0 Å². The fraction of sp³-hybridized carbons (Fsp3) is 0.778. The average Bonchev–Trinajstić information content (AvgIpc) is 2.70. The van der Waals surface area contributed by atoms with Gasteiger partial charge in [-0.1, -0.05) is 0 Å². The van der Waals surface area contributed by atoms with Crippen LogP contribution in [0, 0.1) is 5.92 Å². The van der Waals surface area contributed by atoms with Gasteiger partial charge >= 0.3 is 11.9 Å². The van der Waals surface area contributed by atoms with E-state index < -0.39 is 17.6 Å². The monoisotopic (exact) mass is 199 g/mol. The SMILES string of the molecule is CCOC(=O)C1CC2CC2(C(=O)O)N1. The van der Waals surface area contributed by atoms with E-state index in [1.807, 2.05) is 0 Å². The number of ether oxygens (including phenoxy) is 1. The highest BCUT2D eigenvalue weighted by Gasteiger charge is 2.66. The number of piperidine rings is 1. The van der Waals surface area contributed by atoms with Gasteiger partial charge < -0.3 is 9.84 Å². The number of carboxylic acids is 1. The molecule has 0 radical (unpaired) electrons. The summed E-state index contributed by atoms with van der Waals surface area (Å²) in [6.45, 7) is 2.07. The molecule has 1 saturated heterocycles. The molecule has 5 heteroatoms. The molecule has 2 N–H and O–H groups in total. The van der Waals surface area contributed by atoms with Crippen molar-refractivity contribution in [2.75, 3.05) is 6.61 Å². The summed E-state index contributed by atoms with van der Waals surface area (Å²) in [5, 5.41) is 11.8. The molecule has 1 aliphatic heterocycles. The summed E-state index contributed by atoms with van der Waals surface area (Å²) >= 11 is 0. The third-order valence-corrected chi connectivity index (χ3v) is 3.01. The maximum atomic E-state index is 11.3. The minimum absolute atomic E-state index is 0.106. The van der Waals surface area contributed by atoms with Crippen LogP contribution in [0.4, 0.5) is 0 Å². The van der Waals surface area contributed by atoms with Crippen molar-refractivity contribution in [3.63, 3.8) is 0 Å². The number of hydrogen-bond acceptors (Lipinski definition) is 4. The van der Waals surface area contributed by atoms with E-state index in [9.17, 15) is 9.59 Å². The van der Waals surface area contributed by atoms with Crippen LogP contribution in [0.25, 0.3) is 0 Å².